The highest BCUT2D eigenvalue weighted by Gasteiger charge is 2.35. The molecule has 11 heteroatoms. The van der Waals surface area contributed by atoms with Crippen molar-refractivity contribution < 1.29 is 32.2 Å². The zero-order chi connectivity index (χ0) is 24.5. The van der Waals surface area contributed by atoms with Crippen LogP contribution in [-0.4, -0.2) is 41.8 Å². The quantitative estimate of drug-likeness (QED) is 0.438. The van der Waals surface area contributed by atoms with Gasteiger partial charge in [-0.25, -0.2) is 9.50 Å². The van der Waals surface area contributed by atoms with E-state index in [1.807, 2.05) is 0 Å². The number of fused-ring (bicyclic) bond motifs is 1. The summed E-state index contributed by atoms with van der Waals surface area (Å²) in [7, 11) is 4.40. The normalized spacial score (nSPS) is 11.4. The minimum Gasteiger partial charge on any atom is -0.497 e. The Balaban J connectivity index is 1.72. The number of carbonyl (C=O) groups excluding carboxylic acids is 1. The van der Waals surface area contributed by atoms with Crippen molar-refractivity contribution in [3.05, 3.63) is 66.0 Å². The van der Waals surface area contributed by atoms with E-state index in [2.05, 4.69) is 15.4 Å². The summed E-state index contributed by atoms with van der Waals surface area (Å²) in [5, 5.41) is 6.45. The first-order valence-corrected chi connectivity index (χ1v) is 9.89. The minimum absolute atomic E-state index is 0.0780. The lowest BCUT2D eigenvalue weighted by atomic mass is 10.1. The average Bonchev–Trinajstić information content (AvgIpc) is 3.27. The summed E-state index contributed by atoms with van der Waals surface area (Å²) < 4.78 is 57.5. The summed E-state index contributed by atoms with van der Waals surface area (Å²) in [6.45, 7) is 0. The van der Waals surface area contributed by atoms with Crippen LogP contribution in [0.25, 0.3) is 16.9 Å². The van der Waals surface area contributed by atoms with Gasteiger partial charge in [0.05, 0.1) is 27.0 Å². The van der Waals surface area contributed by atoms with E-state index in [1.54, 1.807) is 36.4 Å². The van der Waals surface area contributed by atoms with Gasteiger partial charge in [0.2, 0.25) is 0 Å². The maximum absolute atomic E-state index is 13.8. The number of ether oxygens (including phenoxy) is 3. The Kier molecular flexibility index (Phi) is 6.01. The Morgan fingerprint density at radius 1 is 0.912 bits per heavy atom. The van der Waals surface area contributed by atoms with Crippen molar-refractivity contribution in [2.45, 2.75) is 6.18 Å². The molecule has 2 heterocycles. The molecule has 4 rings (SSSR count). The van der Waals surface area contributed by atoms with Gasteiger partial charge in [-0.2, -0.15) is 18.3 Å². The lowest BCUT2D eigenvalue weighted by Gasteiger charge is -2.11. The van der Waals surface area contributed by atoms with E-state index < -0.39 is 17.8 Å². The molecule has 0 unspecified atom stereocenters. The van der Waals surface area contributed by atoms with E-state index in [0.29, 0.717) is 33.0 Å². The number of amides is 1. The summed E-state index contributed by atoms with van der Waals surface area (Å²) in [5.41, 5.74) is -0.547. The van der Waals surface area contributed by atoms with Crippen molar-refractivity contribution in [3.8, 4) is 28.5 Å². The second kappa shape index (κ2) is 8.93. The number of nitrogens with zero attached hydrogens (tertiary/aromatic N) is 3. The molecule has 176 valence electrons. The summed E-state index contributed by atoms with van der Waals surface area (Å²) in [5.74, 6) is 0.676. The number of nitrogens with one attached hydrogen (secondary N) is 1. The Bertz CT molecular complexity index is 1350. The molecule has 0 fully saturated rings. The van der Waals surface area contributed by atoms with Crippen LogP contribution in [0, 0.1) is 0 Å². The number of rotatable bonds is 6. The predicted octanol–water partition coefficient (Wildman–Crippen LogP) is 4.69. The largest absolute Gasteiger partial charge is 0.497 e. The summed E-state index contributed by atoms with van der Waals surface area (Å²) >= 11 is 0. The highest BCUT2D eigenvalue weighted by atomic mass is 19.4. The van der Waals surface area contributed by atoms with Crippen molar-refractivity contribution in [2.24, 2.45) is 0 Å². The maximum Gasteiger partial charge on any atom is 0.433 e. The molecule has 0 spiro atoms. The van der Waals surface area contributed by atoms with Gasteiger partial charge in [0, 0.05) is 23.4 Å². The van der Waals surface area contributed by atoms with Crippen molar-refractivity contribution in [3.63, 3.8) is 0 Å². The topological polar surface area (TPSA) is 87.0 Å². The van der Waals surface area contributed by atoms with Crippen LogP contribution in [0.2, 0.25) is 0 Å². The molecule has 34 heavy (non-hydrogen) atoms. The van der Waals surface area contributed by atoms with Crippen molar-refractivity contribution in [2.75, 3.05) is 26.6 Å². The minimum atomic E-state index is -4.73. The van der Waals surface area contributed by atoms with E-state index >= 15 is 0 Å². The first-order valence-electron chi connectivity index (χ1n) is 9.89. The van der Waals surface area contributed by atoms with E-state index in [-0.39, 0.29) is 17.0 Å². The van der Waals surface area contributed by atoms with Gasteiger partial charge in [0.1, 0.15) is 5.75 Å². The Morgan fingerprint density at radius 3 is 2.24 bits per heavy atom. The highest BCUT2D eigenvalue weighted by molar-refractivity contribution is 6.03. The summed E-state index contributed by atoms with van der Waals surface area (Å²) in [6, 6.07) is 13.2. The van der Waals surface area contributed by atoms with Crippen LogP contribution in [0.4, 0.5) is 18.9 Å². The van der Waals surface area contributed by atoms with E-state index in [0.717, 1.165) is 6.07 Å². The first-order chi connectivity index (χ1) is 16.2. The molecular weight excluding hydrogens is 453 g/mol. The summed E-state index contributed by atoms with van der Waals surface area (Å²) in [6.07, 6.45) is -4.73. The average molecular weight is 472 g/mol. The SMILES string of the molecule is COc1ccc(-c2cc(C(F)(F)F)n3nc(C(=O)Nc4ccc(OC)c(OC)c4)cc3n2)cc1. The van der Waals surface area contributed by atoms with Gasteiger partial charge in [-0.15, -0.1) is 0 Å². The number of alkyl halides is 3. The number of hydrogen-bond acceptors (Lipinski definition) is 6. The van der Waals surface area contributed by atoms with Crippen molar-refractivity contribution >= 4 is 17.2 Å². The van der Waals surface area contributed by atoms with E-state index in [4.69, 9.17) is 14.2 Å². The standard InChI is InChI=1S/C23H19F3N4O4/c1-32-15-7-4-13(5-8-15)16-11-20(23(24,25)26)30-21(28-16)12-17(29-30)22(31)27-14-6-9-18(33-2)19(10-14)34-3/h4-12H,1-3H3,(H,27,31). The zero-order valence-corrected chi connectivity index (χ0v) is 18.3. The van der Waals surface area contributed by atoms with E-state index in [9.17, 15) is 18.0 Å². The molecule has 4 aromatic rings. The lowest BCUT2D eigenvalue weighted by Crippen LogP contribution is -2.15. The number of halogens is 3. The van der Waals surface area contributed by atoms with Gasteiger partial charge in [-0.3, -0.25) is 4.79 Å². The second-order valence-corrected chi connectivity index (χ2v) is 7.08. The number of methoxy groups -OCH3 is 3. The number of hydrogen-bond donors (Lipinski definition) is 1. The van der Waals surface area contributed by atoms with Gasteiger partial charge in [0.15, 0.2) is 28.5 Å². The van der Waals surface area contributed by atoms with Crippen LogP contribution in [0.5, 0.6) is 17.2 Å². The fourth-order valence-electron chi connectivity index (χ4n) is 3.31. The third-order valence-corrected chi connectivity index (χ3v) is 4.98. The molecule has 0 saturated heterocycles. The molecule has 0 atom stereocenters. The molecule has 0 aliphatic heterocycles. The molecule has 1 amide bonds. The van der Waals surface area contributed by atoms with Crippen molar-refractivity contribution in [1.82, 2.24) is 14.6 Å². The Hall–Kier alpha value is -4.28. The highest BCUT2D eigenvalue weighted by Crippen LogP contribution is 2.33. The fourth-order valence-corrected chi connectivity index (χ4v) is 3.31. The number of anilines is 1. The fraction of sp³-hybridized carbons (Fsp3) is 0.174. The van der Waals surface area contributed by atoms with Gasteiger partial charge >= 0.3 is 6.18 Å². The molecule has 0 aliphatic carbocycles. The number of aromatic nitrogens is 3. The van der Waals surface area contributed by atoms with Crippen LogP contribution in [-0.2, 0) is 6.18 Å². The second-order valence-electron chi connectivity index (χ2n) is 7.08. The molecule has 2 aromatic heterocycles. The van der Waals surface area contributed by atoms with E-state index in [1.165, 1.54) is 33.5 Å². The monoisotopic (exact) mass is 472 g/mol. The van der Waals surface area contributed by atoms with Gasteiger partial charge in [0.25, 0.3) is 5.91 Å². The Morgan fingerprint density at radius 2 is 1.62 bits per heavy atom. The summed E-state index contributed by atoms with van der Waals surface area (Å²) in [4.78, 5) is 17.0. The smallest absolute Gasteiger partial charge is 0.433 e. The van der Waals surface area contributed by atoms with Crippen LogP contribution in [0.1, 0.15) is 16.2 Å². The molecular formula is C23H19F3N4O4. The van der Waals surface area contributed by atoms with Gasteiger partial charge in [-0.05, 0) is 42.5 Å². The van der Waals surface area contributed by atoms with Gasteiger partial charge < -0.3 is 19.5 Å². The lowest BCUT2D eigenvalue weighted by molar-refractivity contribution is -0.142. The van der Waals surface area contributed by atoms with Crippen LogP contribution >= 0.6 is 0 Å². The molecule has 8 nitrogen and oxygen atoms in total. The number of benzene rings is 2. The molecule has 2 aromatic carbocycles. The van der Waals surface area contributed by atoms with Crippen molar-refractivity contribution in [1.29, 1.82) is 0 Å². The molecule has 0 radical (unpaired) electrons. The molecule has 0 bridgehead atoms. The van der Waals surface area contributed by atoms with Gasteiger partial charge in [-0.1, -0.05) is 0 Å². The molecule has 0 saturated carbocycles. The third-order valence-electron chi connectivity index (χ3n) is 4.98. The molecule has 1 N–H and O–H groups in total. The number of carbonyl (C=O) groups is 1. The first kappa shape index (κ1) is 22.9. The maximum atomic E-state index is 13.8. The third kappa shape index (κ3) is 4.45. The Labute approximate surface area is 191 Å². The zero-order valence-electron chi connectivity index (χ0n) is 18.3. The van der Waals surface area contributed by atoms with Crippen LogP contribution < -0.4 is 19.5 Å². The predicted molar refractivity (Wildman–Crippen MR) is 117 cm³/mol. The molecule has 0 aliphatic rings. The van der Waals surface area contributed by atoms with Crippen LogP contribution in [0.15, 0.2) is 54.6 Å². The van der Waals surface area contributed by atoms with Crippen LogP contribution in [0.3, 0.4) is 0 Å².